The first kappa shape index (κ1) is 20.0. The van der Waals surface area contributed by atoms with E-state index in [0.717, 1.165) is 22.7 Å². The molecule has 0 radical (unpaired) electrons. The van der Waals surface area contributed by atoms with Crippen LogP contribution in [0.5, 0.6) is 11.5 Å². The zero-order valence-electron chi connectivity index (χ0n) is 16.7. The van der Waals surface area contributed by atoms with Crippen LogP contribution in [0.4, 0.5) is 0 Å². The number of carbonyl (C=O) groups excluding carboxylic acids is 1. The summed E-state index contributed by atoms with van der Waals surface area (Å²) in [5, 5.41) is 0.723. The van der Waals surface area contributed by atoms with E-state index in [1.807, 2.05) is 48.8 Å². The molecule has 1 aliphatic rings. The van der Waals surface area contributed by atoms with Crippen LogP contribution in [0.25, 0.3) is 6.08 Å². The van der Waals surface area contributed by atoms with Gasteiger partial charge in [-0.1, -0.05) is 23.7 Å². The monoisotopic (exact) mass is 422 g/mol. The van der Waals surface area contributed by atoms with Gasteiger partial charge < -0.3 is 14.2 Å². The average molecular weight is 423 g/mol. The Labute approximate surface area is 180 Å². The van der Waals surface area contributed by atoms with Crippen LogP contribution in [0, 0.1) is 0 Å². The van der Waals surface area contributed by atoms with Crippen molar-refractivity contribution in [2.24, 2.45) is 0 Å². The Bertz CT molecular complexity index is 1110. The minimum atomic E-state index is -0.171. The number of benzene rings is 2. The second-order valence-corrected chi connectivity index (χ2v) is 7.32. The molecule has 0 N–H and O–H groups in total. The number of allylic oxidation sites excluding steroid dienone is 1. The number of Topliss-reactive ketones (excluding diaryl/α,β-unsaturated/α-hetero) is 1. The molecule has 0 atom stereocenters. The first-order chi connectivity index (χ1) is 14.6. The molecule has 30 heavy (non-hydrogen) atoms. The molecule has 0 bridgehead atoms. The molecule has 152 valence electrons. The molecule has 1 aliphatic heterocycles. The second-order valence-electron chi connectivity index (χ2n) is 6.88. The van der Waals surface area contributed by atoms with Crippen molar-refractivity contribution in [1.82, 2.24) is 0 Å². The predicted octanol–water partition coefficient (Wildman–Crippen LogP) is 4.45. The summed E-state index contributed by atoms with van der Waals surface area (Å²) < 4.78 is 18.5. The van der Waals surface area contributed by atoms with Gasteiger partial charge in [0, 0.05) is 33.8 Å². The summed E-state index contributed by atoms with van der Waals surface area (Å²) in [5.74, 6) is 1.25. The fraction of sp³-hybridized carbons (Fsp3) is 0.167. The van der Waals surface area contributed by atoms with E-state index < -0.39 is 0 Å². The smallest absolute Gasteiger partial charge is 0.228 e. The van der Waals surface area contributed by atoms with Gasteiger partial charge in [-0.05, 0) is 35.9 Å². The van der Waals surface area contributed by atoms with Crippen LogP contribution in [-0.4, -0.2) is 20.0 Å². The molecule has 0 aliphatic carbocycles. The van der Waals surface area contributed by atoms with E-state index in [2.05, 4.69) is 4.57 Å². The molecule has 0 saturated carbocycles. The molecule has 0 spiro atoms. The summed E-state index contributed by atoms with van der Waals surface area (Å²) in [5.41, 5.74) is 3.31. The number of aromatic nitrogens is 1. The van der Waals surface area contributed by atoms with Crippen molar-refractivity contribution in [1.29, 1.82) is 0 Å². The van der Waals surface area contributed by atoms with Crippen molar-refractivity contribution in [3.8, 4) is 11.5 Å². The molecule has 4 rings (SSSR count). The zero-order valence-corrected chi connectivity index (χ0v) is 17.5. The number of ether oxygens (including phenoxy) is 3. The van der Waals surface area contributed by atoms with Crippen molar-refractivity contribution in [2.75, 3.05) is 14.2 Å². The number of hydrogen-bond donors (Lipinski definition) is 0. The van der Waals surface area contributed by atoms with Crippen molar-refractivity contribution in [3.05, 3.63) is 94.0 Å². The Hall–Kier alpha value is -3.31. The van der Waals surface area contributed by atoms with E-state index in [-0.39, 0.29) is 12.4 Å². The van der Waals surface area contributed by atoms with Crippen molar-refractivity contribution < 1.29 is 23.6 Å². The number of carbonyl (C=O) groups is 1. The van der Waals surface area contributed by atoms with Crippen LogP contribution in [0.15, 0.2) is 66.7 Å². The van der Waals surface area contributed by atoms with Crippen LogP contribution < -0.4 is 14.0 Å². The van der Waals surface area contributed by atoms with Gasteiger partial charge in [0.25, 0.3) is 0 Å². The van der Waals surface area contributed by atoms with Crippen molar-refractivity contribution in [2.45, 2.75) is 13.2 Å². The molecule has 1 aromatic heterocycles. The third kappa shape index (κ3) is 4.02. The van der Waals surface area contributed by atoms with E-state index in [9.17, 15) is 4.79 Å². The minimum Gasteiger partial charge on any atom is -0.493 e. The maximum atomic E-state index is 12.9. The van der Waals surface area contributed by atoms with Crippen molar-refractivity contribution in [3.63, 3.8) is 0 Å². The van der Waals surface area contributed by atoms with Gasteiger partial charge in [0.2, 0.25) is 5.78 Å². The highest BCUT2D eigenvalue weighted by atomic mass is 35.5. The van der Waals surface area contributed by atoms with Gasteiger partial charge in [0.15, 0.2) is 36.2 Å². The SMILES string of the molecule is COc1ccc2c(c1OC)COC(=Cc1cc[n+](Cc3ccc(Cl)cc3)cc1)C2=O. The lowest BCUT2D eigenvalue weighted by molar-refractivity contribution is -0.688. The normalized spacial score (nSPS) is 14.2. The topological polar surface area (TPSA) is 48.6 Å². The lowest BCUT2D eigenvalue weighted by atomic mass is 9.98. The van der Waals surface area contributed by atoms with Crippen LogP contribution in [0.2, 0.25) is 5.02 Å². The Kier molecular flexibility index (Phi) is 5.72. The van der Waals surface area contributed by atoms with Gasteiger partial charge >= 0.3 is 0 Å². The number of ketones is 1. The molecule has 6 heteroatoms. The largest absolute Gasteiger partial charge is 0.493 e. The number of hydrogen-bond acceptors (Lipinski definition) is 4. The van der Waals surface area contributed by atoms with E-state index in [4.69, 9.17) is 25.8 Å². The molecule has 2 heterocycles. The number of nitrogens with zero attached hydrogens (tertiary/aromatic N) is 1. The lowest BCUT2D eigenvalue weighted by Crippen LogP contribution is -2.33. The first-order valence-corrected chi connectivity index (χ1v) is 9.83. The maximum absolute atomic E-state index is 12.9. The molecule has 0 fully saturated rings. The van der Waals surface area contributed by atoms with E-state index in [1.54, 1.807) is 32.4 Å². The van der Waals surface area contributed by atoms with Gasteiger partial charge in [-0.2, -0.15) is 0 Å². The number of rotatable bonds is 5. The predicted molar refractivity (Wildman–Crippen MR) is 114 cm³/mol. The Morgan fingerprint density at radius 3 is 2.43 bits per heavy atom. The lowest BCUT2D eigenvalue weighted by Gasteiger charge is -2.22. The zero-order chi connectivity index (χ0) is 21.1. The van der Waals surface area contributed by atoms with Gasteiger partial charge in [0.05, 0.1) is 14.2 Å². The highest BCUT2D eigenvalue weighted by molar-refractivity contribution is 6.30. The average Bonchev–Trinajstić information content (AvgIpc) is 2.77. The molecule has 2 aromatic carbocycles. The second kappa shape index (κ2) is 8.59. The fourth-order valence-electron chi connectivity index (χ4n) is 3.42. The molecule has 5 nitrogen and oxygen atoms in total. The van der Waals surface area contributed by atoms with Crippen LogP contribution in [-0.2, 0) is 17.9 Å². The van der Waals surface area contributed by atoms with Gasteiger partial charge in [0.1, 0.15) is 6.61 Å². The summed E-state index contributed by atoms with van der Waals surface area (Å²) in [6.45, 7) is 0.981. The van der Waals surface area contributed by atoms with E-state index in [1.165, 1.54) is 0 Å². The van der Waals surface area contributed by atoms with Gasteiger partial charge in [-0.25, -0.2) is 4.57 Å². The highest BCUT2D eigenvalue weighted by Crippen LogP contribution is 2.37. The molecule has 0 amide bonds. The van der Waals surface area contributed by atoms with Gasteiger partial charge in [-0.3, -0.25) is 4.79 Å². The first-order valence-electron chi connectivity index (χ1n) is 9.45. The third-order valence-electron chi connectivity index (χ3n) is 4.98. The number of fused-ring (bicyclic) bond motifs is 1. The standard InChI is InChI=1S/C24H21ClNO4/c1-28-21-8-7-19-20(24(21)29-2)15-30-22(23(19)27)13-16-9-11-26(12-10-16)14-17-3-5-18(25)6-4-17/h3-13H,14-15H2,1-2H3/q+1. The summed E-state index contributed by atoms with van der Waals surface area (Å²) in [6, 6.07) is 15.1. The van der Waals surface area contributed by atoms with Crippen LogP contribution in [0.3, 0.4) is 0 Å². The van der Waals surface area contributed by atoms with E-state index >= 15 is 0 Å². The number of halogens is 1. The van der Waals surface area contributed by atoms with Crippen molar-refractivity contribution >= 4 is 23.5 Å². The quantitative estimate of drug-likeness (QED) is 0.450. The molecule has 0 unspecified atom stereocenters. The minimum absolute atomic E-state index is 0.171. The van der Waals surface area contributed by atoms with Crippen LogP contribution in [0.1, 0.15) is 27.0 Å². The fourth-order valence-corrected chi connectivity index (χ4v) is 3.55. The highest BCUT2D eigenvalue weighted by Gasteiger charge is 2.28. The van der Waals surface area contributed by atoms with Gasteiger partial charge in [-0.15, -0.1) is 0 Å². The maximum Gasteiger partial charge on any atom is 0.228 e. The number of pyridine rings is 1. The van der Waals surface area contributed by atoms with Crippen LogP contribution >= 0.6 is 11.6 Å². The third-order valence-corrected chi connectivity index (χ3v) is 5.23. The summed E-state index contributed by atoms with van der Waals surface area (Å²) in [7, 11) is 3.12. The molecular weight excluding hydrogens is 402 g/mol. The van der Waals surface area contributed by atoms with E-state index in [0.29, 0.717) is 28.4 Å². The summed E-state index contributed by atoms with van der Waals surface area (Å²) in [6.07, 6.45) is 5.70. The molecule has 3 aromatic rings. The number of methoxy groups -OCH3 is 2. The Morgan fingerprint density at radius 1 is 1.03 bits per heavy atom. The Balaban J connectivity index is 1.54. The summed E-state index contributed by atoms with van der Waals surface area (Å²) in [4.78, 5) is 12.9. The molecular formula is C24H21ClNO4+. The summed E-state index contributed by atoms with van der Waals surface area (Å²) >= 11 is 5.94. The molecule has 0 saturated heterocycles. The Morgan fingerprint density at radius 2 is 1.77 bits per heavy atom.